The van der Waals surface area contributed by atoms with E-state index in [0.717, 1.165) is 5.56 Å². The minimum absolute atomic E-state index is 0.158. The van der Waals surface area contributed by atoms with Gasteiger partial charge in [0.25, 0.3) is 0 Å². The fraction of sp³-hybridized carbons (Fsp3) is 0.381. The predicted molar refractivity (Wildman–Crippen MR) is 93.2 cm³/mol. The van der Waals surface area contributed by atoms with Gasteiger partial charge in [-0.1, -0.05) is 30.3 Å². The van der Waals surface area contributed by atoms with Gasteiger partial charge in [0, 0.05) is 5.56 Å². The third kappa shape index (κ3) is 2.06. The summed E-state index contributed by atoms with van der Waals surface area (Å²) in [6, 6.07) is 12.3. The molecule has 128 valence electrons. The van der Waals surface area contributed by atoms with Crippen molar-refractivity contribution in [3.63, 3.8) is 0 Å². The molecule has 2 aliphatic carbocycles. The highest BCUT2D eigenvalue weighted by atomic mass is 19.1. The summed E-state index contributed by atoms with van der Waals surface area (Å²) in [5.74, 6) is 0.713. The van der Waals surface area contributed by atoms with Crippen LogP contribution in [0.4, 0.5) is 10.1 Å². The molecule has 2 fully saturated rings. The molecule has 0 amide bonds. The van der Waals surface area contributed by atoms with E-state index in [2.05, 4.69) is 11.4 Å². The predicted octanol–water partition coefficient (Wildman–Crippen LogP) is 4.82. The second-order valence-electron chi connectivity index (χ2n) is 7.65. The molecule has 3 nitrogen and oxygen atoms in total. The molecule has 2 aromatic rings. The second-order valence-corrected chi connectivity index (χ2v) is 7.65. The molecule has 2 aromatic carbocycles. The van der Waals surface area contributed by atoms with Gasteiger partial charge in [-0.2, -0.15) is 0 Å². The molecule has 2 bridgehead atoms. The van der Waals surface area contributed by atoms with Gasteiger partial charge >= 0.3 is 5.97 Å². The van der Waals surface area contributed by atoms with Crippen molar-refractivity contribution in [3.05, 3.63) is 65.0 Å². The van der Waals surface area contributed by atoms with E-state index in [-0.39, 0.29) is 11.9 Å². The third-order valence-electron chi connectivity index (χ3n) is 6.59. The fourth-order valence-corrected chi connectivity index (χ4v) is 5.73. The van der Waals surface area contributed by atoms with Crippen molar-refractivity contribution in [2.45, 2.75) is 31.2 Å². The molecular formula is C21H20FNO2. The molecule has 5 atom stereocenters. The summed E-state index contributed by atoms with van der Waals surface area (Å²) in [4.78, 5) is 11.7. The highest BCUT2D eigenvalue weighted by molar-refractivity contribution is 5.95. The number of carboxylic acid groups (broad SMARTS) is 1. The van der Waals surface area contributed by atoms with Gasteiger partial charge in [-0.25, -0.2) is 9.18 Å². The van der Waals surface area contributed by atoms with Gasteiger partial charge in [0.2, 0.25) is 0 Å². The Morgan fingerprint density at radius 1 is 1.04 bits per heavy atom. The van der Waals surface area contributed by atoms with E-state index < -0.39 is 5.97 Å². The quantitative estimate of drug-likeness (QED) is 0.826. The van der Waals surface area contributed by atoms with Crippen LogP contribution in [-0.2, 0) is 0 Å². The van der Waals surface area contributed by atoms with Crippen LogP contribution in [0.1, 0.15) is 52.7 Å². The van der Waals surface area contributed by atoms with Gasteiger partial charge in [0.05, 0.1) is 17.3 Å². The Labute approximate surface area is 145 Å². The monoisotopic (exact) mass is 337 g/mol. The first-order chi connectivity index (χ1) is 12.1. The van der Waals surface area contributed by atoms with E-state index in [0.29, 0.717) is 40.5 Å². The van der Waals surface area contributed by atoms with Gasteiger partial charge in [0.1, 0.15) is 5.82 Å². The Morgan fingerprint density at radius 3 is 2.60 bits per heavy atom. The van der Waals surface area contributed by atoms with Crippen molar-refractivity contribution in [1.29, 1.82) is 0 Å². The molecule has 2 N–H and O–H groups in total. The molecule has 4 heteroatoms. The summed E-state index contributed by atoms with van der Waals surface area (Å²) in [6.45, 7) is 0. The number of rotatable bonds is 2. The van der Waals surface area contributed by atoms with Gasteiger partial charge in [-0.15, -0.1) is 0 Å². The van der Waals surface area contributed by atoms with Crippen LogP contribution < -0.4 is 5.32 Å². The third-order valence-corrected chi connectivity index (χ3v) is 6.59. The van der Waals surface area contributed by atoms with Crippen LogP contribution in [0.5, 0.6) is 0 Å². The van der Waals surface area contributed by atoms with Crippen LogP contribution in [0.3, 0.4) is 0 Å². The number of hydrogen-bond donors (Lipinski definition) is 2. The summed E-state index contributed by atoms with van der Waals surface area (Å²) < 4.78 is 14.6. The highest BCUT2D eigenvalue weighted by Crippen LogP contribution is 2.64. The van der Waals surface area contributed by atoms with Crippen molar-refractivity contribution in [1.82, 2.24) is 0 Å². The summed E-state index contributed by atoms with van der Waals surface area (Å²) in [6.07, 6.45) is 3.58. The summed E-state index contributed by atoms with van der Waals surface area (Å²) >= 11 is 0. The van der Waals surface area contributed by atoms with Crippen LogP contribution in [0, 0.1) is 23.6 Å². The average molecular weight is 337 g/mol. The SMILES string of the molecule is O=C(O)c1cccc2c1N[C@@H](c1ccccc1F)[C@H]1[C@H]3CC[C@@H](C3)[C@H]21. The lowest BCUT2D eigenvalue weighted by molar-refractivity contribution is 0.0697. The summed E-state index contributed by atoms with van der Waals surface area (Å²) in [7, 11) is 0. The van der Waals surface area contributed by atoms with Crippen molar-refractivity contribution in [2.75, 3.05) is 5.32 Å². The molecule has 25 heavy (non-hydrogen) atoms. The van der Waals surface area contributed by atoms with Crippen LogP contribution in [-0.4, -0.2) is 11.1 Å². The largest absolute Gasteiger partial charge is 0.478 e. The Balaban J connectivity index is 1.70. The maximum Gasteiger partial charge on any atom is 0.337 e. The lowest BCUT2D eigenvalue weighted by Gasteiger charge is -2.44. The number of nitrogens with one attached hydrogen (secondary N) is 1. The maximum absolute atomic E-state index is 14.6. The first-order valence-corrected chi connectivity index (χ1v) is 9.02. The normalized spacial score (nSPS) is 32.0. The molecule has 0 saturated heterocycles. The molecule has 1 heterocycles. The molecule has 0 spiro atoms. The van der Waals surface area contributed by atoms with E-state index in [1.165, 1.54) is 25.3 Å². The molecule has 5 rings (SSSR count). The molecule has 0 aromatic heterocycles. The Bertz CT molecular complexity index is 865. The molecular weight excluding hydrogens is 317 g/mol. The van der Waals surface area contributed by atoms with Gasteiger partial charge in [0.15, 0.2) is 0 Å². The zero-order chi connectivity index (χ0) is 17.1. The lowest BCUT2D eigenvalue weighted by atomic mass is 9.67. The molecule has 1 aliphatic heterocycles. The van der Waals surface area contributed by atoms with E-state index >= 15 is 0 Å². The summed E-state index contributed by atoms with van der Waals surface area (Å²) in [5.41, 5.74) is 2.76. The minimum atomic E-state index is -0.932. The zero-order valence-corrected chi connectivity index (χ0v) is 13.8. The molecule has 3 aliphatic rings. The smallest absolute Gasteiger partial charge is 0.337 e. The Hall–Kier alpha value is -2.36. The maximum atomic E-state index is 14.6. The van der Waals surface area contributed by atoms with E-state index in [1.807, 2.05) is 18.2 Å². The number of carbonyl (C=O) groups is 1. The van der Waals surface area contributed by atoms with Gasteiger partial charge in [-0.05, 0) is 60.6 Å². The average Bonchev–Trinajstić information content (AvgIpc) is 3.23. The van der Waals surface area contributed by atoms with E-state index in [4.69, 9.17) is 0 Å². The van der Waals surface area contributed by atoms with Crippen molar-refractivity contribution >= 4 is 11.7 Å². The molecule has 0 radical (unpaired) electrons. The number of anilines is 1. The first kappa shape index (κ1) is 14.9. The summed E-state index contributed by atoms with van der Waals surface area (Å²) in [5, 5.41) is 13.1. The number of halogens is 1. The number of hydrogen-bond acceptors (Lipinski definition) is 2. The number of benzene rings is 2. The first-order valence-electron chi connectivity index (χ1n) is 9.02. The van der Waals surface area contributed by atoms with Crippen LogP contribution in [0.2, 0.25) is 0 Å². The van der Waals surface area contributed by atoms with E-state index in [1.54, 1.807) is 12.1 Å². The van der Waals surface area contributed by atoms with Gasteiger partial charge in [-0.3, -0.25) is 0 Å². The van der Waals surface area contributed by atoms with Gasteiger partial charge < -0.3 is 10.4 Å². The van der Waals surface area contributed by atoms with Crippen molar-refractivity contribution in [3.8, 4) is 0 Å². The topological polar surface area (TPSA) is 49.3 Å². The van der Waals surface area contributed by atoms with E-state index in [9.17, 15) is 14.3 Å². The number of fused-ring (bicyclic) bond motifs is 7. The van der Waals surface area contributed by atoms with Crippen LogP contribution >= 0.6 is 0 Å². The van der Waals surface area contributed by atoms with Crippen LogP contribution in [0.25, 0.3) is 0 Å². The zero-order valence-electron chi connectivity index (χ0n) is 13.8. The minimum Gasteiger partial charge on any atom is -0.478 e. The second kappa shape index (κ2) is 5.32. The van der Waals surface area contributed by atoms with Crippen molar-refractivity contribution < 1.29 is 14.3 Å². The fourth-order valence-electron chi connectivity index (χ4n) is 5.73. The highest BCUT2D eigenvalue weighted by Gasteiger charge is 2.54. The molecule has 2 saturated carbocycles. The number of para-hydroxylation sites is 1. The Morgan fingerprint density at radius 2 is 1.80 bits per heavy atom. The molecule has 0 unspecified atom stereocenters. The van der Waals surface area contributed by atoms with Crippen molar-refractivity contribution in [2.24, 2.45) is 17.8 Å². The lowest BCUT2D eigenvalue weighted by Crippen LogP contribution is -2.36. The standard InChI is InChI=1S/C21H20FNO2/c22-16-7-2-1-4-13(16)20-18-12-9-8-11(10-12)17(18)14-5-3-6-15(21(24)25)19(14)23-20/h1-7,11-12,17-18,20,23H,8-10H2,(H,24,25)/t11-,12-,17+,18-,20-/m0/s1. The number of carboxylic acids is 1. The number of aromatic carboxylic acids is 1. The van der Waals surface area contributed by atoms with Crippen LogP contribution in [0.15, 0.2) is 42.5 Å². The Kier molecular flexibility index (Phi) is 3.18.